The van der Waals surface area contributed by atoms with Crippen LogP contribution < -0.4 is 0 Å². The molecule has 0 spiro atoms. The highest BCUT2D eigenvalue weighted by atomic mass is 79.9. The van der Waals surface area contributed by atoms with Crippen LogP contribution in [0.15, 0.2) is 59.1 Å². The molecule has 1 aromatic heterocycles. The van der Waals surface area contributed by atoms with Crippen molar-refractivity contribution in [2.45, 2.75) is 6.92 Å². The molecule has 0 bridgehead atoms. The van der Waals surface area contributed by atoms with Gasteiger partial charge in [-0.25, -0.2) is 4.98 Å². The second-order valence-electron chi connectivity index (χ2n) is 5.27. The molecule has 0 aliphatic heterocycles. The van der Waals surface area contributed by atoms with Crippen molar-refractivity contribution in [1.29, 1.82) is 0 Å². The van der Waals surface area contributed by atoms with Crippen LogP contribution in [0, 0.1) is 6.92 Å². The Balaban J connectivity index is 1.92. The van der Waals surface area contributed by atoms with Crippen LogP contribution in [0.2, 0.25) is 5.15 Å². The van der Waals surface area contributed by atoms with Crippen LogP contribution >= 0.6 is 27.5 Å². The number of hydrogen-bond donors (Lipinski definition) is 0. The molecule has 2 nitrogen and oxygen atoms in total. The van der Waals surface area contributed by atoms with E-state index < -0.39 is 0 Å². The molecule has 0 radical (unpaired) electrons. The Bertz CT molecular complexity index is 917. The van der Waals surface area contributed by atoms with Gasteiger partial charge < -0.3 is 0 Å². The normalized spacial score (nSPS) is 11.3. The van der Waals surface area contributed by atoms with Gasteiger partial charge in [0.1, 0.15) is 5.15 Å². The summed E-state index contributed by atoms with van der Waals surface area (Å²) < 4.78 is 0.940. The number of nitrogens with zero attached hydrogens (tertiary/aromatic N) is 1. The van der Waals surface area contributed by atoms with Gasteiger partial charge in [0.2, 0.25) is 0 Å². The van der Waals surface area contributed by atoms with E-state index in [4.69, 9.17) is 11.6 Å². The molecule has 3 rings (SSSR count). The van der Waals surface area contributed by atoms with Crippen molar-refractivity contribution in [2.24, 2.45) is 0 Å². The highest BCUT2D eigenvalue weighted by molar-refractivity contribution is 9.10. The molecule has 114 valence electrons. The van der Waals surface area contributed by atoms with Crippen LogP contribution in [-0.2, 0) is 0 Å². The standard InChI is InChI=1S/C19H13BrClNO/c1-12-2-8-17-15(10-12)11-14(19(21)22-17)5-9-18(23)13-3-6-16(20)7-4-13/h2-11H,1H3. The summed E-state index contributed by atoms with van der Waals surface area (Å²) in [7, 11) is 0. The molecule has 0 aliphatic carbocycles. The number of aromatic nitrogens is 1. The number of hydrogen-bond acceptors (Lipinski definition) is 2. The number of benzene rings is 2. The number of allylic oxidation sites excluding steroid dienone is 1. The predicted octanol–water partition coefficient (Wildman–Crippen LogP) is 5.86. The van der Waals surface area contributed by atoms with E-state index in [1.807, 2.05) is 43.3 Å². The number of aryl methyl sites for hydroxylation is 1. The zero-order chi connectivity index (χ0) is 16.4. The van der Waals surface area contributed by atoms with Gasteiger partial charge in [-0.15, -0.1) is 0 Å². The molecule has 2 aromatic carbocycles. The number of carbonyl (C=O) groups is 1. The number of carbonyl (C=O) groups excluding carboxylic acids is 1. The molecule has 0 unspecified atom stereocenters. The molecule has 0 amide bonds. The van der Waals surface area contributed by atoms with Crippen molar-refractivity contribution in [3.8, 4) is 0 Å². The maximum absolute atomic E-state index is 12.2. The lowest BCUT2D eigenvalue weighted by molar-refractivity contribution is 0.104. The van der Waals surface area contributed by atoms with Crippen molar-refractivity contribution in [3.63, 3.8) is 0 Å². The molecule has 0 saturated heterocycles. The van der Waals surface area contributed by atoms with Crippen molar-refractivity contribution in [1.82, 2.24) is 4.98 Å². The number of halogens is 2. The zero-order valence-electron chi connectivity index (χ0n) is 12.4. The molecule has 1 heterocycles. The Hall–Kier alpha value is -1.97. The van der Waals surface area contributed by atoms with E-state index in [1.54, 1.807) is 18.2 Å². The first-order valence-electron chi connectivity index (χ1n) is 7.08. The van der Waals surface area contributed by atoms with E-state index in [-0.39, 0.29) is 5.78 Å². The van der Waals surface area contributed by atoms with Gasteiger partial charge in [-0.3, -0.25) is 4.79 Å². The van der Waals surface area contributed by atoms with Crippen LogP contribution in [0.3, 0.4) is 0 Å². The molecule has 0 fully saturated rings. The van der Waals surface area contributed by atoms with Gasteiger partial charge in [-0.05, 0) is 61.5 Å². The summed E-state index contributed by atoms with van der Waals surface area (Å²) in [5.74, 6) is -0.0714. The summed E-state index contributed by atoms with van der Waals surface area (Å²) in [4.78, 5) is 16.6. The van der Waals surface area contributed by atoms with Crippen molar-refractivity contribution in [2.75, 3.05) is 0 Å². The topological polar surface area (TPSA) is 30.0 Å². The Morgan fingerprint density at radius 3 is 2.61 bits per heavy atom. The highest BCUT2D eigenvalue weighted by Gasteiger charge is 2.05. The monoisotopic (exact) mass is 385 g/mol. The molecular weight excluding hydrogens is 374 g/mol. The van der Waals surface area contributed by atoms with Crippen molar-refractivity contribution >= 4 is 50.3 Å². The maximum Gasteiger partial charge on any atom is 0.185 e. The fourth-order valence-electron chi connectivity index (χ4n) is 2.28. The molecule has 0 N–H and O–H groups in total. The second-order valence-corrected chi connectivity index (χ2v) is 6.54. The summed E-state index contributed by atoms with van der Waals surface area (Å²) >= 11 is 9.57. The first-order valence-corrected chi connectivity index (χ1v) is 8.25. The lowest BCUT2D eigenvalue weighted by Crippen LogP contribution is -1.93. The second kappa shape index (κ2) is 6.65. The average molecular weight is 387 g/mol. The van der Waals surface area contributed by atoms with Gasteiger partial charge in [0.25, 0.3) is 0 Å². The minimum absolute atomic E-state index is 0.0714. The molecule has 0 atom stereocenters. The SMILES string of the molecule is Cc1ccc2nc(Cl)c(C=CC(=O)c3ccc(Br)cc3)cc2c1. The minimum atomic E-state index is -0.0714. The summed E-state index contributed by atoms with van der Waals surface area (Å²) in [5, 5.41) is 1.39. The van der Waals surface area contributed by atoms with Crippen molar-refractivity contribution < 1.29 is 4.79 Å². The minimum Gasteiger partial charge on any atom is -0.289 e. The molecule has 0 aliphatic rings. The number of rotatable bonds is 3. The number of ketones is 1. The van der Waals surface area contributed by atoms with E-state index in [0.717, 1.165) is 26.5 Å². The highest BCUT2D eigenvalue weighted by Crippen LogP contribution is 2.23. The molecule has 0 saturated carbocycles. The van der Waals surface area contributed by atoms with Crippen LogP contribution in [0.25, 0.3) is 17.0 Å². The smallest absolute Gasteiger partial charge is 0.185 e. The maximum atomic E-state index is 12.2. The lowest BCUT2D eigenvalue weighted by Gasteiger charge is -2.03. The first-order chi connectivity index (χ1) is 11.0. The fraction of sp³-hybridized carbons (Fsp3) is 0.0526. The molecule has 4 heteroatoms. The third-order valence-electron chi connectivity index (χ3n) is 3.49. The Morgan fingerprint density at radius 2 is 1.87 bits per heavy atom. The van der Waals surface area contributed by atoms with E-state index in [2.05, 4.69) is 20.9 Å². The zero-order valence-corrected chi connectivity index (χ0v) is 14.7. The summed E-state index contributed by atoms with van der Waals surface area (Å²) in [6.07, 6.45) is 3.23. The Morgan fingerprint density at radius 1 is 1.13 bits per heavy atom. The average Bonchev–Trinajstić information content (AvgIpc) is 2.53. The van der Waals surface area contributed by atoms with Gasteiger partial charge >= 0.3 is 0 Å². The molecule has 3 aromatic rings. The van der Waals surface area contributed by atoms with Crippen LogP contribution in [-0.4, -0.2) is 10.8 Å². The van der Waals surface area contributed by atoms with Crippen LogP contribution in [0.1, 0.15) is 21.5 Å². The van der Waals surface area contributed by atoms with Crippen molar-refractivity contribution in [3.05, 3.63) is 80.9 Å². The quantitative estimate of drug-likeness (QED) is 0.321. The molecular formula is C19H13BrClNO. The summed E-state index contributed by atoms with van der Waals surface area (Å²) in [6, 6.07) is 15.2. The van der Waals surface area contributed by atoms with E-state index >= 15 is 0 Å². The lowest BCUT2D eigenvalue weighted by atomic mass is 10.1. The Labute approximate surface area is 147 Å². The number of fused-ring (bicyclic) bond motifs is 1. The van der Waals surface area contributed by atoms with Gasteiger partial charge in [0.05, 0.1) is 5.52 Å². The largest absolute Gasteiger partial charge is 0.289 e. The third-order valence-corrected chi connectivity index (χ3v) is 4.33. The van der Waals surface area contributed by atoms with Gasteiger partial charge in [-0.1, -0.05) is 39.2 Å². The number of pyridine rings is 1. The van der Waals surface area contributed by atoms with Crippen LogP contribution in [0.4, 0.5) is 0 Å². The van der Waals surface area contributed by atoms with Crippen LogP contribution in [0.5, 0.6) is 0 Å². The predicted molar refractivity (Wildman–Crippen MR) is 99.0 cm³/mol. The van der Waals surface area contributed by atoms with Gasteiger partial charge in [0, 0.05) is 21.0 Å². The van der Waals surface area contributed by atoms with Gasteiger partial charge in [0.15, 0.2) is 5.78 Å². The van der Waals surface area contributed by atoms with E-state index in [9.17, 15) is 4.79 Å². The van der Waals surface area contributed by atoms with Gasteiger partial charge in [-0.2, -0.15) is 0 Å². The molecule has 23 heavy (non-hydrogen) atoms. The fourth-order valence-corrected chi connectivity index (χ4v) is 2.75. The first kappa shape index (κ1) is 15.9. The van der Waals surface area contributed by atoms with E-state index in [0.29, 0.717) is 10.7 Å². The Kier molecular flexibility index (Phi) is 4.60. The van der Waals surface area contributed by atoms with E-state index in [1.165, 1.54) is 6.08 Å². The summed E-state index contributed by atoms with van der Waals surface area (Å²) in [5.41, 5.74) is 3.36. The summed E-state index contributed by atoms with van der Waals surface area (Å²) in [6.45, 7) is 2.03. The third kappa shape index (κ3) is 3.69.